The van der Waals surface area contributed by atoms with Crippen LogP contribution in [0.5, 0.6) is 0 Å². The summed E-state index contributed by atoms with van der Waals surface area (Å²) in [4.78, 5) is 10.8. The summed E-state index contributed by atoms with van der Waals surface area (Å²) in [5.74, 6) is -0.254. The molecular weight excluding hydrogens is 162 g/mol. The molecule has 1 rings (SSSR count). The second-order valence-electron chi connectivity index (χ2n) is 2.49. The van der Waals surface area contributed by atoms with Crippen LogP contribution in [0, 0.1) is 10.1 Å². The van der Waals surface area contributed by atoms with Gasteiger partial charge in [0.25, 0.3) is 0 Å². The highest BCUT2D eigenvalue weighted by molar-refractivity contribution is 5.07. The predicted octanol–water partition coefficient (Wildman–Crippen LogP) is -0.467. The third-order valence-electron chi connectivity index (χ3n) is 1.16. The SMILES string of the molecule is CC(N)Cn1ncc([N+](=O)[O-])n1. The molecule has 0 amide bonds. The van der Waals surface area contributed by atoms with Gasteiger partial charge in [-0.05, 0) is 11.8 Å². The van der Waals surface area contributed by atoms with Crippen LogP contribution in [0.25, 0.3) is 0 Å². The average Bonchev–Trinajstić information content (AvgIpc) is 2.34. The van der Waals surface area contributed by atoms with Crippen molar-refractivity contribution in [2.75, 3.05) is 0 Å². The molecular formula is C5H9N5O2. The molecule has 0 saturated carbocycles. The molecule has 1 aromatic heterocycles. The first-order chi connectivity index (χ1) is 5.59. The van der Waals surface area contributed by atoms with E-state index in [4.69, 9.17) is 5.73 Å². The van der Waals surface area contributed by atoms with Gasteiger partial charge in [0.1, 0.15) is 0 Å². The lowest BCUT2D eigenvalue weighted by Gasteiger charge is -1.97. The van der Waals surface area contributed by atoms with Crippen molar-refractivity contribution in [3.8, 4) is 0 Å². The number of hydrogen-bond donors (Lipinski definition) is 1. The van der Waals surface area contributed by atoms with Gasteiger partial charge in [-0.15, -0.1) is 5.10 Å². The molecule has 0 radical (unpaired) electrons. The highest BCUT2D eigenvalue weighted by Gasteiger charge is 2.12. The largest absolute Gasteiger partial charge is 0.410 e. The van der Waals surface area contributed by atoms with E-state index in [9.17, 15) is 10.1 Å². The Morgan fingerprint density at radius 3 is 3.00 bits per heavy atom. The monoisotopic (exact) mass is 171 g/mol. The zero-order valence-corrected chi connectivity index (χ0v) is 6.54. The van der Waals surface area contributed by atoms with E-state index in [0.717, 1.165) is 6.20 Å². The van der Waals surface area contributed by atoms with Crippen molar-refractivity contribution >= 4 is 5.82 Å². The summed E-state index contributed by atoms with van der Waals surface area (Å²) in [6.07, 6.45) is 1.10. The van der Waals surface area contributed by atoms with Gasteiger partial charge < -0.3 is 15.8 Å². The summed E-state index contributed by atoms with van der Waals surface area (Å²) < 4.78 is 0. The van der Waals surface area contributed by atoms with Gasteiger partial charge >= 0.3 is 5.82 Å². The number of nitrogens with zero attached hydrogens (tertiary/aromatic N) is 4. The van der Waals surface area contributed by atoms with Crippen LogP contribution in [-0.2, 0) is 6.54 Å². The summed E-state index contributed by atoms with van der Waals surface area (Å²) in [6, 6.07) is -0.114. The Morgan fingerprint density at radius 2 is 2.58 bits per heavy atom. The molecule has 7 nitrogen and oxygen atoms in total. The normalized spacial score (nSPS) is 12.8. The van der Waals surface area contributed by atoms with Crippen molar-refractivity contribution in [2.24, 2.45) is 5.73 Å². The van der Waals surface area contributed by atoms with Crippen LogP contribution in [0.4, 0.5) is 5.82 Å². The van der Waals surface area contributed by atoms with E-state index in [1.165, 1.54) is 4.80 Å². The molecule has 2 N–H and O–H groups in total. The van der Waals surface area contributed by atoms with Crippen molar-refractivity contribution in [1.82, 2.24) is 15.0 Å². The Kier molecular flexibility index (Phi) is 2.34. The van der Waals surface area contributed by atoms with E-state index in [-0.39, 0.29) is 11.9 Å². The average molecular weight is 171 g/mol. The van der Waals surface area contributed by atoms with Gasteiger partial charge in [0.2, 0.25) is 0 Å². The summed E-state index contributed by atoms with van der Waals surface area (Å²) >= 11 is 0. The van der Waals surface area contributed by atoms with Crippen molar-refractivity contribution in [2.45, 2.75) is 19.5 Å². The molecule has 0 aliphatic carbocycles. The van der Waals surface area contributed by atoms with E-state index in [1.807, 2.05) is 0 Å². The smallest absolute Gasteiger partial charge is 0.358 e. The van der Waals surface area contributed by atoms with E-state index < -0.39 is 4.92 Å². The quantitative estimate of drug-likeness (QED) is 0.489. The first-order valence-electron chi connectivity index (χ1n) is 3.39. The van der Waals surface area contributed by atoms with Crippen LogP contribution in [-0.4, -0.2) is 26.0 Å². The van der Waals surface area contributed by atoms with Gasteiger partial charge in [0.05, 0.1) is 11.6 Å². The van der Waals surface area contributed by atoms with Gasteiger partial charge in [-0.3, -0.25) is 0 Å². The lowest BCUT2D eigenvalue weighted by atomic mass is 10.4. The zero-order chi connectivity index (χ0) is 9.14. The highest BCUT2D eigenvalue weighted by Crippen LogP contribution is 2.01. The van der Waals surface area contributed by atoms with Crippen LogP contribution in [0.1, 0.15) is 6.92 Å². The molecule has 0 fully saturated rings. The van der Waals surface area contributed by atoms with E-state index in [1.54, 1.807) is 6.92 Å². The number of rotatable bonds is 3. The van der Waals surface area contributed by atoms with Crippen LogP contribution >= 0.6 is 0 Å². The van der Waals surface area contributed by atoms with Crippen LogP contribution in [0.2, 0.25) is 0 Å². The number of nitrogens with two attached hydrogens (primary N) is 1. The molecule has 0 spiro atoms. The predicted molar refractivity (Wildman–Crippen MR) is 40.3 cm³/mol. The van der Waals surface area contributed by atoms with Gasteiger partial charge in [-0.2, -0.15) is 0 Å². The Bertz CT molecular complexity index is 281. The molecule has 66 valence electrons. The first kappa shape index (κ1) is 8.60. The molecule has 1 aromatic rings. The summed E-state index contributed by atoms with van der Waals surface area (Å²) in [7, 11) is 0. The molecule has 1 atom stereocenters. The van der Waals surface area contributed by atoms with E-state index in [2.05, 4.69) is 10.2 Å². The topological polar surface area (TPSA) is 99.9 Å². The molecule has 0 aliphatic rings. The van der Waals surface area contributed by atoms with E-state index in [0.29, 0.717) is 6.54 Å². The number of nitro groups is 1. The van der Waals surface area contributed by atoms with Gasteiger partial charge in [-0.1, -0.05) is 4.80 Å². The molecule has 0 bridgehead atoms. The summed E-state index contributed by atoms with van der Waals surface area (Å²) in [6.45, 7) is 2.16. The molecule has 0 saturated heterocycles. The molecule has 12 heavy (non-hydrogen) atoms. The summed E-state index contributed by atoms with van der Waals surface area (Å²) in [5, 5.41) is 17.4. The van der Waals surface area contributed by atoms with Gasteiger partial charge in [-0.25, -0.2) is 0 Å². The Labute approximate surface area is 68.3 Å². The van der Waals surface area contributed by atoms with Crippen LogP contribution in [0.15, 0.2) is 6.20 Å². The minimum Gasteiger partial charge on any atom is -0.358 e. The van der Waals surface area contributed by atoms with Gasteiger partial charge in [0, 0.05) is 6.04 Å². The third-order valence-corrected chi connectivity index (χ3v) is 1.16. The fourth-order valence-corrected chi connectivity index (χ4v) is 0.717. The van der Waals surface area contributed by atoms with Gasteiger partial charge in [0.15, 0.2) is 6.20 Å². The second-order valence-corrected chi connectivity index (χ2v) is 2.49. The van der Waals surface area contributed by atoms with Crippen molar-refractivity contribution in [3.05, 3.63) is 16.3 Å². The maximum Gasteiger partial charge on any atom is 0.410 e. The minimum atomic E-state index is -0.593. The van der Waals surface area contributed by atoms with Crippen LogP contribution in [0.3, 0.4) is 0 Å². The molecule has 1 heterocycles. The maximum absolute atomic E-state index is 10.2. The molecule has 0 aromatic carbocycles. The minimum absolute atomic E-state index is 0.114. The lowest BCUT2D eigenvalue weighted by molar-refractivity contribution is -0.389. The standard InChI is InChI=1S/C5H9N5O2/c1-4(6)3-9-7-2-5(8-9)10(11)12/h2,4H,3,6H2,1H3. The zero-order valence-electron chi connectivity index (χ0n) is 6.54. The first-order valence-corrected chi connectivity index (χ1v) is 3.39. The lowest BCUT2D eigenvalue weighted by Crippen LogP contribution is -2.23. The fourth-order valence-electron chi connectivity index (χ4n) is 0.717. The highest BCUT2D eigenvalue weighted by atomic mass is 16.6. The van der Waals surface area contributed by atoms with Crippen molar-refractivity contribution in [3.63, 3.8) is 0 Å². The third kappa shape index (κ3) is 1.99. The molecule has 0 aliphatic heterocycles. The summed E-state index contributed by atoms with van der Waals surface area (Å²) in [5.41, 5.74) is 5.44. The Hall–Kier alpha value is -1.50. The molecule has 1 unspecified atom stereocenters. The number of aromatic nitrogens is 3. The Balaban J connectivity index is 2.71. The number of hydrogen-bond acceptors (Lipinski definition) is 5. The van der Waals surface area contributed by atoms with Crippen LogP contribution < -0.4 is 5.73 Å². The van der Waals surface area contributed by atoms with Crippen molar-refractivity contribution in [1.29, 1.82) is 0 Å². The fraction of sp³-hybridized carbons (Fsp3) is 0.600. The van der Waals surface area contributed by atoms with E-state index >= 15 is 0 Å². The van der Waals surface area contributed by atoms with Crippen molar-refractivity contribution < 1.29 is 4.92 Å². The second kappa shape index (κ2) is 3.26. The maximum atomic E-state index is 10.2. The molecule has 7 heteroatoms. The Morgan fingerprint density at radius 1 is 1.92 bits per heavy atom.